The second kappa shape index (κ2) is 13.4. The molecule has 10 aromatic rings. The van der Waals surface area contributed by atoms with Gasteiger partial charge in [-0.1, -0.05) is 127 Å². The average molecular weight is 692 g/mol. The van der Waals surface area contributed by atoms with Crippen LogP contribution < -0.4 is 0 Å². The second-order valence-electron chi connectivity index (χ2n) is 13.5. The Morgan fingerprint density at radius 2 is 0.648 bits per heavy atom. The van der Waals surface area contributed by atoms with Gasteiger partial charge in [0.2, 0.25) is 11.8 Å². The molecule has 0 saturated carbocycles. The molecular formula is C50H33N3O. The summed E-state index contributed by atoms with van der Waals surface area (Å²) in [5, 5.41) is 11.1. The predicted molar refractivity (Wildman–Crippen MR) is 221 cm³/mol. The molecule has 2 heterocycles. The molecule has 254 valence electrons. The molecule has 54 heavy (non-hydrogen) atoms. The second-order valence-corrected chi connectivity index (χ2v) is 13.5. The van der Waals surface area contributed by atoms with Gasteiger partial charge in [-0.05, 0) is 117 Å². The van der Waals surface area contributed by atoms with Crippen LogP contribution in [-0.2, 0) is 0 Å². The molecule has 0 unspecified atom stereocenters. The molecule has 0 aliphatic heterocycles. The molecule has 0 fully saturated rings. The fourth-order valence-electron chi connectivity index (χ4n) is 7.47. The zero-order chi connectivity index (χ0) is 35.8. The van der Waals surface area contributed by atoms with Crippen molar-refractivity contribution in [2.24, 2.45) is 0 Å². The highest BCUT2D eigenvalue weighted by Gasteiger charge is 2.17. The highest BCUT2D eigenvalue weighted by atomic mass is 16.4. The molecule has 0 aliphatic carbocycles. The van der Waals surface area contributed by atoms with Crippen molar-refractivity contribution in [1.29, 1.82) is 0 Å². The summed E-state index contributed by atoms with van der Waals surface area (Å²) in [4.78, 5) is 0. The highest BCUT2D eigenvalue weighted by molar-refractivity contribution is 6.11. The fraction of sp³-hybridized carbons (Fsp3) is 0. The minimum absolute atomic E-state index is 0.493. The number of hydrogen-bond donors (Lipinski definition) is 0. The van der Waals surface area contributed by atoms with Crippen LogP contribution in [0.3, 0.4) is 0 Å². The molecule has 0 radical (unpaired) electrons. The number of hydrogen-bond acceptors (Lipinski definition) is 3. The predicted octanol–water partition coefficient (Wildman–Crippen LogP) is 13.2. The van der Waals surface area contributed by atoms with E-state index in [1.54, 1.807) is 0 Å². The Kier molecular flexibility index (Phi) is 7.77. The first kappa shape index (κ1) is 31.4. The van der Waals surface area contributed by atoms with E-state index in [4.69, 9.17) is 4.42 Å². The lowest BCUT2D eigenvalue weighted by Gasteiger charge is -2.10. The van der Waals surface area contributed by atoms with E-state index in [1.165, 1.54) is 55.3 Å². The molecule has 8 aromatic carbocycles. The average Bonchev–Trinajstić information content (AvgIpc) is 3.88. The SMILES string of the molecule is c1ccc(-c2cccc(-c3ccc4c(c3)c3cc(-c5cccc(-c6ccccc6)c5)ccc3n4-c3ccc(-c4nnc(-c5ccccc5)o4)cc3)c2)cc1. The van der Waals surface area contributed by atoms with Crippen LogP contribution >= 0.6 is 0 Å². The zero-order valence-corrected chi connectivity index (χ0v) is 29.3. The Morgan fingerprint density at radius 3 is 1.11 bits per heavy atom. The van der Waals surface area contributed by atoms with Crippen molar-refractivity contribution in [1.82, 2.24) is 14.8 Å². The van der Waals surface area contributed by atoms with Crippen molar-refractivity contribution in [3.8, 4) is 73.1 Å². The maximum Gasteiger partial charge on any atom is 0.248 e. The molecule has 0 N–H and O–H groups in total. The Hall–Kier alpha value is -7.30. The highest BCUT2D eigenvalue weighted by Crippen LogP contribution is 2.39. The molecule has 0 aliphatic rings. The zero-order valence-electron chi connectivity index (χ0n) is 29.3. The molecule has 4 heteroatoms. The van der Waals surface area contributed by atoms with E-state index in [1.807, 2.05) is 30.3 Å². The van der Waals surface area contributed by atoms with E-state index in [0.717, 1.165) is 27.8 Å². The first-order chi connectivity index (χ1) is 26.7. The van der Waals surface area contributed by atoms with Gasteiger partial charge in [0.1, 0.15) is 0 Å². The number of benzene rings is 8. The lowest BCUT2D eigenvalue weighted by molar-refractivity contribution is 0.584. The Bertz CT molecular complexity index is 2770. The largest absolute Gasteiger partial charge is 0.416 e. The van der Waals surface area contributed by atoms with Crippen molar-refractivity contribution in [3.63, 3.8) is 0 Å². The number of rotatable bonds is 7. The number of fused-ring (bicyclic) bond motifs is 3. The summed E-state index contributed by atoms with van der Waals surface area (Å²) in [6.07, 6.45) is 0. The summed E-state index contributed by atoms with van der Waals surface area (Å²) in [5.74, 6) is 1.000. The Labute approximate surface area is 313 Å². The standard InChI is InChI=1S/C50H33N3O/c1-4-12-34(13-5-1)38-18-10-20-40(30-38)42-24-28-47-45(32-42)46-33-43(41-21-11-19-39(31-41)35-14-6-2-7-15-35)25-29-48(46)53(47)44-26-22-37(23-27-44)50-52-51-49(54-50)36-16-8-3-9-17-36/h1-33H. The van der Waals surface area contributed by atoms with Gasteiger partial charge in [0.25, 0.3) is 0 Å². The molecule has 0 spiro atoms. The summed E-state index contributed by atoms with van der Waals surface area (Å²) < 4.78 is 8.43. The Morgan fingerprint density at radius 1 is 0.296 bits per heavy atom. The van der Waals surface area contributed by atoms with Crippen LogP contribution in [0.4, 0.5) is 0 Å². The van der Waals surface area contributed by atoms with Gasteiger partial charge in [0.05, 0.1) is 11.0 Å². The van der Waals surface area contributed by atoms with Crippen LogP contribution in [0.25, 0.3) is 94.9 Å². The molecule has 10 rings (SSSR count). The van der Waals surface area contributed by atoms with Crippen molar-refractivity contribution in [3.05, 3.63) is 200 Å². The quantitative estimate of drug-likeness (QED) is 0.167. The molecule has 4 nitrogen and oxygen atoms in total. The van der Waals surface area contributed by atoms with Gasteiger partial charge < -0.3 is 8.98 Å². The molecule has 0 amide bonds. The van der Waals surface area contributed by atoms with Gasteiger partial charge in [0.15, 0.2) is 0 Å². The lowest BCUT2D eigenvalue weighted by Crippen LogP contribution is -1.94. The minimum Gasteiger partial charge on any atom is -0.416 e. The molecule has 0 bridgehead atoms. The van der Waals surface area contributed by atoms with Crippen LogP contribution in [0.1, 0.15) is 0 Å². The fourth-order valence-corrected chi connectivity index (χ4v) is 7.47. The minimum atomic E-state index is 0.493. The number of nitrogens with zero attached hydrogens (tertiary/aromatic N) is 3. The summed E-state index contributed by atoms with van der Waals surface area (Å²) >= 11 is 0. The monoisotopic (exact) mass is 691 g/mol. The van der Waals surface area contributed by atoms with Crippen LogP contribution in [0.5, 0.6) is 0 Å². The Balaban J connectivity index is 1.10. The van der Waals surface area contributed by atoms with Crippen molar-refractivity contribution in [2.75, 3.05) is 0 Å². The first-order valence-corrected chi connectivity index (χ1v) is 18.1. The van der Waals surface area contributed by atoms with Gasteiger partial charge in [-0.15, -0.1) is 10.2 Å². The summed E-state index contributed by atoms with van der Waals surface area (Å²) in [5.41, 5.74) is 14.6. The third-order valence-electron chi connectivity index (χ3n) is 10.2. The summed E-state index contributed by atoms with van der Waals surface area (Å²) in [7, 11) is 0. The van der Waals surface area contributed by atoms with Gasteiger partial charge >= 0.3 is 0 Å². The maximum atomic E-state index is 6.08. The first-order valence-electron chi connectivity index (χ1n) is 18.1. The normalized spacial score (nSPS) is 11.3. The van der Waals surface area contributed by atoms with Crippen LogP contribution in [-0.4, -0.2) is 14.8 Å². The lowest BCUT2D eigenvalue weighted by atomic mass is 9.96. The van der Waals surface area contributed by atoms with Gasteiger partial charge in [-0.25, -0.2) is 0 Å². The van der Waals surface area contributed by atoms with E-state index in [0.29, 0.717) is 11.8 Å². The van der Waals surface area contributed by atoms with Crippen LogP contribution in [0.15, 0.2) is 205 Å². The summed E-state index contributed by atoms with van der Waals surface area (Å²) in [6.45, 7) is 0. The van der Waals surface area contributed by atoms with Crippen LogP contribution in [0, 0.1) is 0 Å². The van der Waals surface area contributed by atoms with E-state index in [2.05, 4.69) is 185 Å². The molecule has 0 saturated heterocycles. The van der Waals surface area contributed by atoms with Gasteiger partial charge in [-0.2, -0.15) is 0 Å². The van der Waals surface area contributed by atoms with E-state index >= 15 is 0 Å². The smallest absolute Gasteiger partial charge is 0.248 e. The van der Waals surface area contributed by atoms with E-state index < -0.39 is 0 Å². The molecule has 0 atom stereocenters. The van der Waals surface area contributed by atoms with Crippen LogP contribution in [0.2, 0.25) is 0 Å². The van der Waals surface area contributed by atoms with Crippen molar-refractivity contribution >= 4 is 21.8 Å². The third-order valence-corrected chi connectivity index (χ3v) is 10.2. The van der Waals surface area contributed by atoms with E-state index in [9.17, 15) is 0 Å². The maximum absolute atomic E-state index is 6.08. The topological polar surface area (TPSA) is 43.9 Å². The van der Waals surface area contributed by atoms with Gasteiger partial charge in [0, 0.05) is 27.6 Å². The third kappa shape index (κ3) is 5.76. The van der Waals surface area contributed by atoms with Crippen molar-refractivity contribution < 1.29 is 4.42 Å². The van der Waals surface area contributed by atoms with Crippen molar-refractivity contribution in [2.45, 2.75) is 0 Å². The van der Waals surface area contributed by atoms with E-state index in [-0.39, 0.29) is 0 Å². The molecular weight excluding hydrogens is 659 g/mol. The van der Waals surface area contributed by atoms with Gasteiger partial charge in [-0.3, -0.25) is 0 Å². The number of aromatic nitrogens is 3. The molecule has 2 aromatic heterocycles. The summed E-state index contributed by atoms with van der Waals surface area (Å²) in [6, 6.07) is 70.7.